The number of aromatic nitrogens is 1. The first kappa shape index (κ1) is 11.9. The molecule has 1 aromatic carbocycles. The molecule has 1 aliphatic heterocycles. The maximum atomic E-state index is 10.7. The summed E-state index contributed by atoms with van der Waals surface area (Å²) in [5.74, 6) is 0. The Morgan fingerprint density at radius 2 is 2.42 bits per heavy atom. The van der Waals surface area contributed by atoms with E-state index in [9.17, 15) is 10.1 Å². The summed E-state index contributed by atoms with van der Waals surface area (Å²) < 4.78 is 5.68. The van der Waals surface area contributed by atoms with Gasteiger partial charge in [-0.1, -0.05) is 0 Å². The van der Waals surface area contributed by atoms with Crippen LogP contribution in [-0.4, -0.2) is 35.6 Å². The van der Waals surface area contributed by atoms with E-state index < -0.39 is 4.92 Å². The first-order valence-electron chi connectivity index (χ1n) is 6.17. The lowest BCUT2D eigenvalue weighted by molar-refractivity contribution is -0.384. The maximum Gasteiger partial charge on any atom is 0.298 e. The van der Waals surface area contributed by atoms with Crippen molar-refractivity contribution >= 4 is 22.8 Å². The zero-order chi connectivity index (χ0) is 13.4. The van der Waals surface area contributed by atoms with Crippen LogP contribution >= 0.6 is 0 Å². The second-order valence-corrected chi connectivity index (χ2v) is 4.65. The number of nitrogens with zero attached hydrogens (tertiary/aromatic N) is 3. The number of hydrogen-bond acceptors (Lipinski definition) is 6. The van der Waals surface area contributed by atoms with E-state index in [1.807, 2.05) is 0 Å². The van der Waals surface area contributed by atoms with Crippen LogP contribution in [0.3, 0.4) is 0 Å². The summed E-state index contributed by atoms with van der Waals surface area (Å²) in [6.07, 6.45) is 0. The molecule has 1 aromatic heterocycles. The van der Waals surface area contributed by atoms with E-state index in [0.717, 1.165) is 19.6 Å². The van der Waals surface area contributed by atoms with Gasteiger partial charge in [0.15, 0.2) is 5.58 Å². The van der Waals surface area contributed by atoms with Crippen molar-refractivity contribution in [2.24, 2.45) is 0 Å². The van der Waals surface area contributed by atoms with E-state index in [-0.39, 0.29) is 11.7 Å². The van der Waals surface area contributed by atoms with Gasteiger partial charge in [-0.2, -0.15) is 4.98 Å². The first-order chi connectivity index (χ1) is 9.15. The Bertz CT molecular complexity index is 624. The fourth-order valence-corrected chi connectivity index (χ4v) is 2.27. The summed E-state index contributed by atoms with van der Waals surface area (Å²) in [5, 5.41) is 14.0. The van der Waals surface area contributed by atoms with Crippen LogP contribution in [0.1, 0.15) is 6.92 Å². The number of nitro groups is 1. The summed E-state index contributed by atoms with van der Waals surface area (Å²) in [4.78, 5) is 16.7. The molecule has 100 valence electrons. The zero-order valence-electron chi connectivity index (χ0n) is 10.5. The molecule has 1 unspecified atom stereocenters. The Morgan fingerprint density at radius 1 is 1.58 bits per heavy atom. The van der Waals surface area contributed by atoms with Crippen LogP contribution in [0.4, 0.5) is 11.7 Å². The molecule has 0 saturated carbocycles. The van der Waals surface area contributed by atoms with Gasteiger partial charge < -0.3 is 14.6 Å². The lowest BCUT2D eigenvalue weighted by Crippen LogP contribution is -2.50. The smallest absolute Gasteiger partial charge is 0.298 e. The van der Waals surface area contributed by atoms with Gasteiger partial charge in [0.25, 0.3) is 11.7 Å². The zero-order valence-corrected chi connectivity index (χ0v) is 10.5. The number of rotatable bonds is 2. The maximum absolute atomic E-state index is 10.7. The quantitative estimate of drug-likeness (QED) is 0.652. The number of anilines is 1. The summed E-state index contributed by atoms with van der Waals surface area (Å²) in [5.41, 5.74) is 1.13. The molecule has 2 aromatic rings. The normalized spacial score (nSPS) is 19.8. The Balaban J connectivity index is 1.99. The van der Waals surface area contributed by atoms with Gasteiger partial charge in [0.2, 0.25) is 0 Å². The highest BCUT2D eigenvalue weighted by Gasteiger charge is 2.23. The van der Waals surface area contributed by atoms with E-state index in [0.29, 0.717) is 17.1 Å². The van der Waals surface area contributed by atoms with E-state index in [2.05, 4.69) is 22.1 Å². The van der Waals surface area contributed by atoms with Crippen LogP contribution in [0.2, 0.25) is 0 Å². The van der Waals surface area contributed by atoms with Gasteiger partial charge in [0.1, 0.15) is 5.52 Å². The highest BCUT2D eigenvalue weighted by molar-refractivity contribution is 5.77. The highest BCUT2D eigenvalue weighted by Crippen LogP contribution is 2.26. The van der Waals surface area contributed by atoms with Gasteiger partial charge in [0.05, 0.1) is 4.92 Å². The Labute approximate surface area is 109 Å². The Hall–Kier alpha value is -2.15. The lowest BCUT2D eigenvalue weighted by Gasteiger charge is -2.32. The van der Waals surface area contributed by atoms with E-state index in [4.69, 9.17) is 4.42 Å². The van der Waals surface area contributed by atoms with Crippen molar-refractivity contribution < 1.29 is 9.34 Å². The minimum Gasteiger partial charge on any atom is -0.423 e. The number of non-ortho nitro benzene ring substituents is 1. The molecule has 1 fully saturated rings. The molecule has 0 amide bonds. The number of nitrogens with one attached hydrogen (secondary N) is 1. The fraction of sp³-hybridized carbons (Fsp3) is 0.417. The van der Waals surface area contributed by atoms with Crippen LogP contribution in [-0.2, 0) is 0 Å². The minimum absolute atomic E-state index is 0.0284. The van der Waals surface area contributed by atoms with Gasteiger partial charge in [-0.3, -0.25) is 10.1 Å². The van der Waals surface area contributed by atoms with Gasteiger partial charge in [-0.05, 0) is 13.0 Å². The third-order valence-electron chi connectivity index (χ3n) is 3.32. The molecule has 19 heavy (non-hydrogen) atoms. The van der Waals surface area contributed by atoms with Crippen molar-refractivity contribution in [1.82, 2.24) is 10.3 Å². The van der Waals surface area contributed by atoms with E-state index in [1.165, 1.54) is 12.1 Å². The molecule has 0 bridgehead atoms. The molecule has 1 saturated heterocycles. The second kappa shape index (κ2) is 4.51. The molecule has 1 aliphatic rings. The predicted octanol–water partition coefficient (Wildman–Crippen LogP) is 1.53. The van der Waals surface area contributed by atoms with Crippen LogP contribution in [0.25, 0.3) is 11.1 Å². The predicted molar refractivity (Wildman–Crippen MR) is 70.3 cm³/mol. The molecule has 7 heteroatoms. The van der Waals surface area contributed by atoms with Crippen molar-refractivity contribution in [2.45, 2.75) is 13.0 Å². The number of oxazole rings is 1. The number of piperazine rings is 1. The summed E-state index contributed by atoms with van der Waals surface area (Å²) in [6.45, 7) is 4.65. The monoisotopic (exact) mass is 262 g/mol. The Morgan fingerprint density at radius 3 is 3.16 bits per heavy atom. The molecular weight excluding hydrogens is 248 g/mol. The molecular formula is C12H14N4O3. The molecule has 0 spiro atoms. The van der Waals surface area contributed by atoms with Crippen molar-refractivity contribution in [3.05, 3.63) is 28.3 Å². The minimum atomic E-state index is -0.429. The number of benzene rings is 1. The van der Waals surface area contributed by atoms with Crippen molar-refractivity contribution in [2.75, 3.05) is 24.5 Å². The highest BCUT2D eigenvalue weighted by atomic mass is 16.6. The molecule has 1 atom stereocenters. The number of fused-ring (bicyclic) bond motifs is 1. The molecule has 3 rings (SSSR count). The van der Waals surface area contributed by atoms with E-state index >= 15 is 0 Å². The SMILES string of the molecule is CC1CNCCN1c1nc2cc([N+](=O)[O-])ccc2o1. The van der Waals surface area contributed by atoms with Crippen LogP contribution in [0, 0.1) is 10.1 Å². The average Bonchev–Trinajstić information content (AvgIpc) is 2.81. The van der Waals surface area contributed by atoms with Gasteiger partial charge in [-0.25, -0.2) is 0 Å². The fourth-order valence-electron chi connectivity index (χ4n) is 2.27. The van der Waals surface area contributed by atoms with E-state index in [1.54, 1.807) is 6.07 Å². The summed E-state index contributed by atoms with van der Waals surface area (Å²) in [7, 11) is 0. The molecule has 7 nitrogen and oxygen atoms in total. The standard InChI is InChI=1S/C12H14N4O3/c1-8-7-13-4-5-15(8)12-14-10-6-9(16(17)18)2-3-11(10)19-12/h2-3,6,8,13H,4-5,7H2,1H3. The molecule has 1 N–H and O–H groups in total. The number of nitro benzene ring substituents is 1. The Kier molecular flexibility index (Phi) is 2.83. The third kappa shape index (κ3) is 2.12. The lowest BCUT2D eigenvalue weighted by atomic mass is 10.2. The van der Waals surface area contributed by atoms with Crippen LogP contribution < -0.4 is 10.2 Å². The van der Waals surface area contributed by atoms with Crippen molar-refractivity contribution in [3.63, 3.8) is 0 Å². The third-order valence-corrected chi connectivity index (χ3v) is 3.32. The van der Waals surface area contributed by atoms with Crippen molar-refractivity contribution in [3.8, 4) is 0 Å². The van der Waals surface area contributed by atoms with Crippen molar-refractivity contribution in [1.29, 1.82) is 0 Å². The molecule has 0 radical (unpaired) electrons. The second-order valence-electron chi connectivity index (χ2n) is 4.65. The number of hydrogen-bond donors (Lipinski definition) is 1. The first-order valence-corrected chi connectivity index (χ1v) is 6.17. The molecule has 2 heterocycles. The summed E-state index contributed by atoms with van der Waals surface area (Å²) >= 11 is 0. The molecule has 0 aliphatic carbocycles. The van der Waals surface area contributed by atoms with Gasteiger partial charge in [-0.15, -0.1) is 0 Å². The van der Waals surface area contributed by atoms with Crippen LogP contribution in [0.15, 0.2) is 22.6 Å². The van der Waals surface area contributed by atoms with Crippen LogP contribution in [0.5, 0.6) is 0 Å². The van der Waals surface area contributed by atoms with Gasteiger partial charge in [0, 0.05) is 37.8 Å². The largest absolute Gasteiger partial charge is 0.423 e. The topological polar surface area (TPSA) is 84.4 Å². The average molecular weight is 262 g/mol. The summed E-state index contributed by atoms with van der Waals surface area (Å²) in [6, 6.07) is 5.28. The van der Waals surface area contributed by atoms with Gasteiger partial charge >= 0.3 is 0 Å².